The van der Waals surface area contributed by atoms with E-state index in [1.165, 1.54) is 12.1 Å². The van der Waals surface area contributed by atoms with Crippen molar-refractivity contribution >= 4 is 21.9 Å². The van der Waals surface area contributed by atoms with Crippen molar-refractivity contribution in [3.8, 4) is 11.3 Å². The van der Waals surface area contributed by atoms with E-state index in [-0.39, 0.29) is 47.3 Å². The average molecular weight is 494 g/mol. The Balaban J connectivity index is 1.75. The lowest BCUT2D eigenvalue weighted by molar-refractivity contribution is 0.0979. The number of benzene rings is 1. The highest BCUT2D eigenvalue weighted by atomic mass is 32.2. The second kappa shape index (κ2) is 8.86. The van der Waals surface area contributed by atoms with Crippen LogP contribution in [0.15, 0.2) is 30.3 Å². The summed E-state index contributed by atoms with van der Waals surface area (Å²) in [5.41, 5.74) is 6.00. The molecule has 184 valence electrons. The van der Waals surface area contributed by atoms with Gasteiger partial charge in [0.25, 0.3) is 5.91 Å². The molecule has 2 fully saturated rings. The summed E-state index contributed by atoms with van der Waals surface area (Å²) in [6, 6.07) is 5.72. The van der Waals surface area contributed by atoms with Gasteiger partial charge in [-0.3, -0.25) is 4.79 Å². The van der Waals surface area contributed by atoms with Gasteiger partial charge in [0.15, 0.2) is 0 Å². The maximum Gasteiger partial charge on any atom is 0.304 e. The SMILES string of the molecule is C[C@@H]1CN(c2nc(-c3cc(F)cc(F)c3)ccc2C(=O)NS(=O)(=O)N2CC[C@H](N)C2)C(C)(C)C1. The van der Waals surface area contributed by atoms with E-state index in [1.54, 1.807) is 0 Å². The fourth-order valence-corrected chi connectivity index (χ4v) is 6.07. The van der Waals surface area contributed by atoms with Crippen LogP contribution in [0, 0.1) is 17.6 Å². The number of aromatic nitrogens is 1. The molecule has 1 aromatic carbocycles. The van der Waals surface area contributed by atoms with Crippen molar-refractivity contribution in [2.45, 2.75) is 45.2 Å². The molecule has 2 saturated heterocycles. The van der Waals surface area contributed by atoms with Crippen molar-refractivity contribution in [2.75, 3.05) is 24.5 Å². The molecule has 11 heteroatoms. The van der Waals surface area contributed by atoms with Crippen LogP contribution >= 0.6 is 0 Å². The van der Waals surface area contributed by atoms with Gasteiger partial charge in [-0.1, -0.05) is 6.92 Å². The zero-order valence-electron chi connectivity index (χ0n) is 19.4. The van der Waals surface area contributed by atoms with Gasteiger partial charge < -0.3 is 10.6 Å². The third-order valence-electron chi connectivity index (χ3n) is 6.36. The molecule has 0 unspecified atom stereocenters. The topological polar surface area (TPSA) is 109 Å². The van der Waals surface area contributed by atoms with E-state index < -0.39 is 27.8 Å². The molecule has 0 aliphatic carbocycles. The Morgan fingerprint density at radius 2 is 1.85 bits per heavy atom. The number of nitrogens with one attached hydrogen (secondary N) is 1. The molecule has 3 heterocycles. The summed E-state index contributed by atoms with van der Waals surface area (Å²) < 4.78 is 56.5. The maximum absolute atomic E-state index is 13.8. The Kier molecular flexibility index (Phi) is 6.38. The van der Waals surface area contributed by atoms with Gasteiger partial charge in [0.05, 0.1) is 11.3 Å². The van der Waals surface area contributed by atoms with Gasteiger partial charge in [-0.05, 0) is 56.9 Å². The lowest BCUT2D eigenvalue weighted by Gasteiger charge is -2.34. The molecule has 8 nitrogen and oxygen atoms in total. The number of carbonyl (C=O) groups is 1. The van der Waals surface area contributed by atoms with E-state index in [0.717, 1.165) is 28.9 Å². The van der Waals surface area contributed by atoms with E-state index in [2.05, 4.69) is 16.6 Å². The Hall–Kier alpha value is -2.63. The summed E-state index contributed by atoms with van der Waals surface area (Å²) >= 11 is 0. The third kappa shape index (κ3) is 4.91. The minimum Gasteiger partial charge on any atom is -0.351 e. The van der Waals surface area contributed by atoms with Crippen LogP contribution in [-0.2, 0) is 10.2 Å². The van der Waals surface area contributed by atoms with Crippen LogP contribution in [-0.4, -0.2) is 54.8 Å². The van der Waals surface area contributed by atoms with Crippen LogP contribution in [0.3, 0.4) is 0 Å². The molecule has 0 saturated carbocycles. The first-order valence-corrected chi connectivity index (χ1v) is 12.6. The maximum atomic E-state index is 13.8. The van der Waals surface area contributed by atoms with E-state index >= 15 is 0 Å². The smallest absolute Gasteiger partial charge is 0.304 e. The molecule has 2 aliphatic heterocycles. The summed E-state index contributed by atoms with van der Waals surface area (Å²) in [5.74, 6) is -1.74. The van der Waals surface area contributed by atoms with Crippen molar-refractivity contribution in [3.05, 3.63) is 47.5 Å². The molecular formula is C23H29F2N5O3S. The molecule has 3 N–H and O–H groups in total. The number of pyridine rings is 1. The lowest BCUT2D eigenvalue weighted by Crippen LogP contribution is -2.44. The first-order chi connectivity index (χ1) is 15.9. The molecule has 4 rings (SSSR count). The van der Waals surface area contributed by atoms with Gasteiger partial charge in [-0.2, -0.15) is 12.7 Å². The van der Waals surface area contributed by atoms with E-state index in [0.29, 0.717) is 18.9 Å². The number of halogens is 2. The fraction of sp³-hybridized carbons (Fsp3) is 0.478. The summed E-state index contributed by atoms with van der Waals surface area (Å²) in [5, 5.41) is 0. The van der Waals surface area contributed by atoms with Crippen molar-refractivity contribution < 1.29 is 22.0 Å². The zero-order valence-corrected chi connectivity index (χ0v) is 20.2. The highest BCUT2D eigenvalue weighted by Crippen LogP contribution is 2.38. The third-order valence-corrected chi connectivity index (χ3v) is 7.81. The molecule has 1 aromatic heterocycles. The van der Waals surface area contributed by atoms with E-state index in [9.17, 15) is 22.0 Å². The molecule has 0 radical (unpaired) electrons. The predicted octanol–water partition coefficient (Wildman–Crippen LogP) is 2.66. The van der Waals surface area contributed by atoms with Gasteiger partial charge in [0.1, 0.15) is 17.5 Å². The van der Waals surface area contributed by atoms with Crippen molar-refractivity contribution in [1.29, 1.82) is 0 Å². The number of rotatable bonds is 5. The Morgan fingerprint density at radius 1 is 1.18 bits per heavy atom. The van der Waals surface area contributed by atoms with Crippen molar-refractivity contribution in [1.82, 2.24) is 14.0 Å². The zero-order chi connectivity index (χ0) is 24.8. The van der Waals surface area contributed by atoms with Crippen molar-refractivity contribution in [2.24, 2.45) is 11.7 Å². The minimum absolute atomic E-state index is 0.0647. The summed E-state index contributed by atoms with van der Waals surface area (Å²) in [6.07, 6.45) is 1.35. The summed E-state index contributed by atoms with van der Waals surface area (Å²) in [4.78, 5) is 19.7. The quantitative estimate of drug-likeness (QED) is 0.663. The second-order valence-electron chi connectivity index (χ2n) is 9.80. The molecular weight excluding hydrogens is 464 g/mol. The van der Waals surface area contributed by atoms with E-state index in [1.807, 2.05) is 18.7 Å². The van der Waals surface area contributed by atoms with Gasteiger partial charge in [-0.25, -0.2) is 18.5 Å². The molecule has 2 atom stereocenters. The average Bonchev–Trinajstić information content (AvgIpc) is 3.28. The van der Waals surface area contributed by atoms with Crippen LogP contribution in [0.1, 0.15) is 44.0 Å². The summed E-state index contributed by atoms with van der Waals surface area (Å²) in [7, 11) is -4.09. The predicted molar refractivity (Wildman–Crippen MR) is 125 cm³/mol. The Morgan fingerprint density at radius 3 is 2.41 bits per heavy atom. The van der Waals surface area contributed by atoms with Gasteiger partial charge in [0.2, 0.25) is 0 Å². The molecule has 34 heavy (non-hydrogen) atoms. The number of nitrogens with zero attached hydrogens (tertiary/aromatic N) is 3. The normalized spacial score (nSPS) is 22.8. The first-order valence-electron chi connectivity index (χ1n) is 11.2. The molecule has 0 bridgehead atoms. The molecule has 2 aliphatic rings. The first kappa shape index (κ1) is 24.5. The number of amides is 1. The second-order valence-corrected chi connectivity index (χ2v) is 11.5. The van der Waals surface area contributed by atoms with Crippen LogP contribution in [0.5, 0.6) is 0 Å². The van der Waals surface area contributed by atoms with Crippen LogP contribution in [0.25, 0.3) is 11.3 Å². The highest BCUT2D eigenvalue weighted by Gasteiger charge is 2.40. The lowest BCUT2D eigenvalue weighted by atomic mass is 9.97. The van der Waals surface area contributed by atoms with Crippen molar-refractivity contribution in [3.63, 3.8) is 0 Å². The molecule has 1 amide bonds. The van der Waals surface area contributed by atoms with Gasteiger partial charge in [-0.15, -0.1) is 0 Å². The fourth-order valence-electron chi connectivity index (χ4n) is 4.86. The van der Waals surface area contributed by atoms with Gasteiger partial charge in [0, 0.05) is 42.8 Å². The number of hydrogen-bond acceptors (Lipinski definition) is 6. The number of hydrogen-bond donors (Lipinski definition) is 2. The van der Waals surface area contributed by atoms with Crippen LogP contribution in [0.2, 0.25) is 0 Å². The monoisotopic (exact) mass is 493 g/mol. The Labute approximate surface area is 198 Å². The molecule has 2 aromatic rings. The number of carbonyl (C=O) groups excluding carboxylic acids is 1. The van der Waals surface area contributed by atoms with Crippen LogP contribution in [0.4, 0.5) is 14.6 Å². The highest BCUT2D eigenvalue weighted by molar-refractivity contribution is 7.87. The van der Waals surface area contributed by atoms with E-state index in [4.69, 9.17) is 5.73 Å². The number of nitrogens with two attached hydrogens (primary N) is 1. The largest absolute Gasteiger partial charge is 0.351 e. The molecule has 0 spiro atoms. The Bertz CT molecular complexity index is 1200. The summed E-state index contributed by atoms with van der Waals surface area (Å²) in [6.45, 7) is 7.06. The number of anilines is 1. The van der Waals surface area contributed by atoms with Gasteiger partial charge >= 0.3 is 10.2 Å². The minimum atomic E-state index is -4.09. The van der Waals surface area contributed by atoms with Crippen LogP contribution < -0.4 is 15.4 Å². The standard InChI is InChI=1S/C23H29F2N5O3S/c1-14-11-23(2,3)30(12-14)21-19(22(31)28-34(32,33)29-7-6-18(26)13-29)4-5-20(27-21)15-8-16(24)10-17(25)9-15/h4-5,8-10,14,18H,6-7,11-13,26H2,1-3H3,(H,28,31)/t14-,18-/m0/s1.